The van der Waals surface area contributed by atoms with Crippen LogP contribution in [-0.2, 0) is 22.9 Å². The van der Waals surface area contributed by atoms with Crippen LogP contribution in [-0.4, -0.2) is 18.8 Å². The van der Waals surface area contributed by atoms with E-state index in [2.05, 4.69) is 42.5 Å². The van der Waals surface area contributed by atoms with Gasteiger partial charge in [0.1, 0.15) is 0 Å². The van der Waals surface area contributed by atoms with Gasteiger partial charge in [0.25, 0.3) is 0 Å². The van der Waals surface area contributed by atoms with Gasteiger partial charge in [-0.3, -0.25) is 0 Å². The van der Waals surface area contributed by atoms with Crippen molar-refractivity contribution in [1.29, 1.82) is 0 Å². The van der Waals surface area contributed by atoms with Crippen molar-refractivity contribution in [2.75, 3.05) is 0 Å². The molecular formula is C25H23NO2S. The van der Waals surface area contributed by atoms with Gasteiger partial charge >= 0.3 is 0 Å². The Balaban J connectivity index is 0.000000168. The van der Waals surface area contributed by atoms with Gasteiger partial charge in [-0.15, -0.1) is 0 Å². The minimum Gasteiger partial charge on any atom is -0.207 e. The molecule has 0 aromatic heterocycles. The lowest BCUT2D eigenvalue weighted by atomic mass is 10.1. The Bertz CT molecular complexity index is 1200. The normalized spacial score (nSPS) is 22.9. The summed E-state index contributed by atoms with van der Waals surface area (Å²) in [6.07, 6.45) is 6.34. The van der Waals surface area contributed by atoms with Gasteiger partial charge in [0, 0.05) is 0 Å². The van der Waals surface area contributed by atoms with Crippen molar-refractivity contribution in [3.8, 4) is 0 Å². The molecule has 3 atom stereocenters. The van der Waals surface area contributed by atoms with Crippen molar-refractivity contribution in [3.63, 3.8) is 0 Å². The molecule has 3 aliphatic rings. The molecule has 29 heavy (non-hydrogen) atoms. The molecule has 1 fully saturated rings. The Labute approximate surface area is 172 Å². The summed E-state index contributed by atoms with van der Waals surface area (Å²) >= 11 is 0. The molecule has 0 saturated carbocycles. The van der Waals surface area contributed by atoms with Crippen LogP contribution in [0.2, 0.25) is 0 Å². The van der Waals surface area contributed by atoms with Crippen molar-refractivity contribution in [2.24, 2.45) is 0 Å². The van der Waals surface area contributed by atoms with Crippen molar-refractivity contribution >= 4 is 16.1 Å². The van der Waals surface area contributed by atoms with Crippen LogP contribution < -0.4 is 0 Å². The molecule has 0 amide bonds. The van der Waals surface area contributed by atoms with E-state index in [1.165, 1.54) is 22.3 Å². The number of nitrogens with zero attached hydrogens (tertiary/aromatic N) is 1. The third kappa shape index (κ3) is 3.22. The van der Waals surface area contributed by atoms with E-state index >= 15 is 0 Å². The number of allylic oxidation sites excluding steroid dienone is 1. The molecule has 1 saturated heterocycles. The summed E-state index contributed by atoms with van der Waals surface area (Å²) in [6, 6.07) is 23.9. The van der Waals surface area contributed by atoms with Crippen molar-refractivity contribution in [1.82, 2.24) is 4.31 Å². The maximum Gasteiger partial charge on any atom is 0.244 e. The van der Waals surface area contributed by atoms with E-state index in [0.29, 0.717) is 4.90 Å². The maximum absolute atomic E-state index is 12.7. The lowest BCUT2D eigenvalue weighted by Gasteiger charge is -2.11. The van der Waals surface area contributed by atoms with Crippen LogP contribution in [0.1, 0.15) is 33.9 Å². The minimum absolute atomic E-state index is 0.0532. The van der Waals surface area contributed by atoms with E-state index in [4.69, 9.17) is 0 Å². The highest BCUT2D eigenvalue weighted by molar-refractivity contribution is 7.89. The topological polar surface area (TPSA) is 37.1 Å². The first-order valence-corrected chi connectivity index (χ1v) is 11.4. The molecule has 2 aliphatic carbocycles. The second-order valence-corrected chi connectivity index (χ2v) is 9.71. The number of benzene rings is 3. The summed E-state index contributed by atoms with van der Waals surface area (Å²) in [7, 11) is -3.35. The number of aryl methyl sites for hydroxylation is 1. The molecule has 3 aromatic rings. The fourth-order valence-electron chi connectivity index (χ4n) is 4.39. The molecule has 4 heteroatoms. The fourth-order valence-corrected chi connectivity index (χ4v) is 6.16. The van der Waals surface area contributed by atoms with Gasteiger partial charge in [0.05, 0.1) is 17.0 Å². The van der Waals surface area contributed by atoms with Crippen molar-refractivity contribution in [3.05, 3.63) is 107 Å². The van der Waals surface area contributed by atoms with Crippen LogP contribution in [0.3, 0.4) is 0 Å². The number of hydrogen-bond donors (Lipinski definition) is 0. The molecule has 146 valence electrons. The zero-order chi connectivity index (χ0) is 20.0. The Morgan fingerprint density at radius 3 is 2.31 bits per heavy atom. The molecule has 3 unspecified atom stereocenters. The summed E-state index contributed by atoms with van der Waals surface area (Å²) in [6.45, 7) is 1.96. The molecule has 0 N–H and O–H groups in total. The van der Waals surface area contributed by atoms with Gasteiger partial charge in [-0.25, -0.2) is 8.42 Å². The highest BCUT2D eigenvalue weighted by Gasteiger charge is 2.59. The van der Waals surface area contributed by atoms with Gasteiger partial charge in [-0.05, 0) is 54.2 Å². The largest absolute Gasteiger partial charge is 0.244 e. The summed E-state index contributed by atoms with van der Waals surface area (Å²) < 4.78 is 27.0. The molecule has 3 aromatic carbocycles. The predicted molar refractivity (Wildman–Crippen MR) is 116 cm³/mol. The third-order valence-electron chi connectivity index (χ3n) is 5.97. The average Bonchev–Trinajstić information content (AvgIpc) is 3.09. The van der Waals surface area contributed by atoms with Gasteiger partial charge in [-0.1, -0.05) is 78.4 Å². The van der Waals surface area contributed by atoms with Crippen molar-refractivity contribution in [2.45, 2.75) is 36.7 Å². The Morgan fingerprint density at radius 2 is 1.55 bits per heavy atom. The summed E-state index contributed by atoms with van der Waals surface area (Å²) in [5, 5.41) is 0. The smallest absolute Gasteiger partial charge is 0.207 e. The minimum atomic E-state index is -3.35. The van der Waals surface area contributed by atoms with Crippen LogP contribution in [0.5, 0.6) is 0 Å². The molecule has 1 heterocycles. The number of sulfonamides is 1. The van der Waals surface area contributed by atoms with E-state index in [9.17, 15) is 8.42 Å². The third-order valence-corrected chi connectivity index (χ3v) is 7.89. The highest BCUT2D eigenvalue weighted by atomic mass is 32.2. The first-order chi connectivity index (χ1) is 14.1. The summed E-state index contributed by atoms with van der Waals surface area (Å²) in [4.78, 5) is 0.398. The van der Waals surface area contributed by atoms with Crippen LogP contribution in [0, 0.1) is 6.92 Å². The van der Waals surface area contributed by atoms with Gasteiger partial charge in [0.2, 0.25) is 10.0 Å². The van der Waals surface area contributed by atoms with Gasteiger partial charge in [-0.2, -0.15) is 4.31 Å². The highest BCUT2D eigenvalue weighted by Crippen LogP contribution is 2.54. The Kier molecular flexibility index (Phi) is 4.41. The molecule has 0 spiro atoms. The molecule has 1 aliphatic heterocycles. The van der Waals surface area contributed by atoms with E-state index in [1.54, 1.807) is 16.4 Å². The van der Waals surface area contributed by atoms with Crippen LogP contribution >= 0.6 is 0 Å². The summed E-state index contributed by atoms with van der Waals surface area (Å²) in [5.41, 5.74) is 6.38. The first-order valence-electron chi connectivity index (χ1n) is 9.98. The monoisotopic (exact) mass is 401 g/mol. The fraction of sp³-hybridized carbons (Fsp3) is 0.200. The first kappa shape index (κ1) is 18.3. The van der Waals surface area contributed by atoms with Crippen LogP contribution in [0.25, 0.3) is 6.08 Å². The lowest BCUT2D eigenvalue weighted by molar-refractivity contribution is 0.541. The van der Waals surface area contributed by atoms with Gasteiger partial charge in [0.15, 0.2) is 0 Å². The Hall–Kier alpha value is -2.69. The standard InChI is InChI=1S/C16H15NO2S.C9H8/c1-11-6-8-13(9-7-11)20(18,19)17-15-10-12-4-2-3-5-14(12)16(15)17;1-2-5-9-7-3-6-8(9)4-1/h2-9,15-16H,10H2,1H3;1-6H,7H2. The second kappa shape index (κ2) is 6.97. The zero-order valence-corrected chi connectivity index (χ0v) is 17.1. The maximum atomic E-state index is 12.7. The van der Waals surface area contributed by atoms with E-state index in [0.717, 1.165) is 18.4 Å². The van der Waals surface area contributed by atoms with Gasteiger partial charge < -0.3 is 0 Å². The van der Waals surface area contributed by atoms with Crippen molar-refractivity contribution < 1.29 is 8.42 Å². The van der Waals surface area contributed by atoms with Crippen LogP contribution in [0.15, 0.2) is 83.8 Å². The number of rotatable bonds is 2. The number of hydrogen-bond acceptors (Lipinski definition) is 2. The number of fused-ring (bicyclic) bond motifs is 4. The zero-order valence-electron chi connectivity index (χ0n) is 16.3. The van der Waals surface area contributed by atoms with E-state index in [-0.39, 0.29) is 12.1 Å². The molecule has 0 bridgehead atoms. The average molecular weight is 402 g/mol. The molecule has 3 nitrogen and oxygen atoms in total. The quantitative estimate of drug-likeness (QED) is 0.572. The molecule has 0 radical (unpaired) electrons. The predicted octanol–water partition coefficient (Wildman–Crippen LogP) is 4.92. The lowest BCUT2D eigenvalue weighted by Crippen LogP contribution is -2.17. The summed E-state index contributed by atoms with van der Waals surface area (Å²) in [5.74, 6) is 0. The second-order valence-electron chi connectivity index (χ2n) is 7.87. The molecular weight excluding hydrogens is 378 g/mol. The van der Waals surface area contributed by atoms with Crippen LogP contribution in [0.4, 0.5) is 0 Å². The Morgan fingerprint density at radius 1 is 0.862 bits per heavy atom. The van der Waals surface area contributed by atoms with E-state index in [1.807, 2.05) is 37.3 Å². The van der Waals surface area contributed by atoms with E-state index < -0.39 is 10.0 Å². The molecule has 6 rings (SSSR count). The SMILES string of the molecule is C1=Cc2ccccc2C1.Cc1ccc(S(=O)(=O)N2C3Cc4ccccc4C32)cc1.